The molecule has 1 amide bonds. The highest BCUT2D eigenvalue weighted by Crippen LogP contribution is 2.25. The maximum Gasteiger partial charge on any atom is 0.273 e. The Hall–Kier alpha value is -1.85. The molecule has 0 radical (unpaired) electrons. The molecule has 1 N–H and O–H groups in total. The maximum absolute atomic E-state index is 11.9. The van der Waals surface area contributed by atoms with Crippen LogP contribution in [0.15, 0.2) is 30.5 Å². The van der Waals surface area contributed by atoms with E-state index in [4.69, 9.17) is 11.6 Å². The highest BCUT2D eigenvalue weighted by molar-refractivity contribution is 6.31. The Morgan fingerprint density at radius 2 is 2.10 bits per heavy atom. The van der Waals surface area contributed by atoms with Gasteiger partial charge >= 0.3 is 0 Å². The van der Waals surface area contributed by atoms with Crippen LogP contribution in [0.4, 0.5) is 0 Å². The molecular weight excluding hydrogens is 288 g/mol. The molecule has 1 heterocycles. The van der Waals surface area contributed by atoms with Crippen LogP contribution in [-0.2, 0) is 0 Å². The number of carbonyl (C=O) groups excluding carboxylic acids is 1. The Labute approximate surface area is 129 Å². The number of halogens is 1. The summed E-state index contributed by atoms with van der Waals surface area (Å²) in [6.07, 6.45) is 1.75. The van der Waals surface area contributed by atoms with Crippen molar-refractivity contribution in [2.24, 2.45) is 0 Å². The molecule has 1 unspecified atom stereocenters. The molecule has 1 atom stereocenters. The molecule has 6 heteroatoms. The first-order valence-corrected chi connectivity index (χ1v) is 7.06. The number of nitrogens with one attached hydrogen (secondary N) is 1. The van der Waals surface area contributed by atoms with E-state index >= 15 is 0 Å². The molecule has 21 heavy (non-hydrogen) atoms. The largest absolute Gasteiger partial charge is 0.343 e. The van der Waals surface area contributed by atoms with Crippen LogP contribution in [0.3, 0.4) is 0 Å². The Bertz CT molecular complexity index is 651. The van der Waals surface area contributed by atoms with Gasteiger partial charge in [-0.1, -0.05) is 17.7 Å². The molecule has 0 aliphatic carbocycles. The SMILES string of the molecule is CNC(C)c1ccc(-n2ccc(C(=O)N(C)C)n2)cc1Cl. The van der Waals surface area contributed by atoms with E-state index in [2.05, 4.69) is 10.4 Å². The summed E-state index contributed by atoms with van der Waals surface area (Å²) in [6, 6.07) is 7.62. The zero-order valence-corrected chi connectivity index (χ0v) is 13.3. The van der Waals surface area contributed by atoms with Crippen LogP contribution in [0.5, 0.6) is 0 Å². The molecule has 0 spiro atoms. The number of amides is 1. The number of hydrogen-bond acceptors (Lipinski definition) is 3. The zero-order valence-electron chi connectivity index (χ0n) is 12.6. The smallest absolute Gasteiger partial charge is 0.273 e. The van der Waals surface area contributed by atoms with E-state index < -0.39 is 0 Å². The Morgan fingerprint density at radius 1 is 1.38 bits per heavy atom. The van der Waals surface area contributed by atoms with Gasteiger partial charge in [-0.3, -0.25) is 4.79 Å². The second-order valence-electron chi connectivity index (χ2n) is 5.06. The van der Waals surface area contributed by atoms with Gasteiger partial charge in [-0.05, 0) is 37.7 Å². The molecule has 0 saturated carbocycles. The molecule has 0 saturated heterocycles. The molecular formula is C15H19ClN4O. The van der Waals surface area contributed by atoms with E-state index in [1.54, 1.807) is 31.0 Å². The molecule has 2 aromatic rings. The van der Waals surface area contributed by atoms with Gasteiger partial charge in [0.05, 0.1) is 5.69 Å². The fourth-order valence-corrected chi connectivity index (χ4v) is 2.31. The first-order valence-electron chi connectivity index (χ1n) is 6.68. The maximum atomic E-state index is 11.9. The Balaban J connectivity index is 2.31. The van der Waals surface area contributed by atoms with Crippen molar-refractivity contribution >= 4 is 17.5 Å². The van der Waals surface area contributed by atoms with Crippen LogP contribution >= 0.6 is 11.6 Å². The molecule has 112 valence electrons. The van der Waals surface area contributed by atoms with Crippen LogP contribution in [0.25, 0.3) is 5.69 Å². The average Bonchev–Trinajstić information content (AvgIpc) is 2.95. The first-order chi connectivity index (χ1) is 9.93. The molecule has 1 aromatic heterocycles. The normalized spacial score (nSPS) is 12.2. The number of aromatic nitrogens is 2. The minimum absolute atomic E-state index is 0.125. The summed E-state index contributed by atoms with van der Waals surface area (Å²) in [4.78, 5) is 13.4. The summed E-state index contributed by atoms with van der Waals surface area (Å²) < 4.78 is 1.65. The summed E-state index contributed by atoms with van der Waals surface area (Å²) in [5.74, 6) is -0.125. The van der Waals surface area contributed by atoms with Crippen LogP contribution in [-0.4, -0.2) is 41.7 Å². The van der Waals surface area contributed by atoms with Crippen molar-refractivity contribution in [2.75, 3.05) is 21.1 Å². The first kappa shape index (κ1) is 15.5. The minimum atomic E-state index is -0.125. The Morgan fingerprint density at radius 3 is 2.67 bits per heavy atom. The van der Waals surface area contributed by atoms with Crippen molar-refractivity contribution in [1.82, 2.24) is 20.0 Å². The monoisotopic (exact) mass is 306 g/mol. The number of carbonyl (C=O) groups is 1. The topological polar surface area (TPSA) is 50.2 Å². The lowest BCUT2D eigenvalue weighted by molar-refractivity contribution is 0.0821. The third kappa shape index (κ3) is 3.25. The lowest BCUT2D eigenvalue weighted by Gasteiger charge is -2.13. The minimum Gasteiger partial charge on any atom is -0.343 e. The molecule has 0 fully saturated rings. The van der Waals surface area contributed by atoms with E-state index in [9.17, 15) is 4.79 Å². The highest BCUT2D eigenvalue weighted by Gasteiger charge is 2.13. The van der Waals surface area contributed by atoms with Crippen molar-refractivity contribution in [3.8, 4) is 5.69 Å². The molecule has 1 aromatic carbocycles. The van der Waals surface area contributed by atoms with Crippen molar-refractivity contribution in [3.05, 3.63) is 46.7 Å². The van der Waals surface area contributed by atoms with Crippen LogP contribution < -0.4 is 5.32 Å². The standard InChI is InChI=1S/C15H19ClN4O/c1-10(17-2)12-6-5-11(9-13(12)16)20-8-7-14(18-20)15(21)19(3)4/h5-10,17H,1-4H3. The number of hydrogen-bond donors (Lipinski definition) is 1. The van der Waals surface area contributed by atoms with Gasteiger partial charge in [0.15, 0.2) is 5.69 Å². The molecule has 2 rings (SSSR count). The average molecular weight is 307 g/mol. The summed E-state index contributed by atoms with van der Waals surface area (Å²) >= 11 is 6.32. The summed E-state index contributed by atoms with van der Waals surface area (Å²) in [5, 5.41) is 8.12. The van der Waals surface area contributed by atoms with Gasteiger partial charge in [-0.15, -0.1) is 0 Å². The Kier molecular flexibility index (Phi) is 4.65. The van der Waals surface area contributed by atoms with Gasteiger partial charge in [0.25, 0.3) is 5.91 Å². The summed E-state index contributed by atoms with van der Waals surface area (Å²) in [6.45, 7) is 2.04. The third-order valence-corrected chi connectivity index (χ3v) is 3.69. The number of benzene rings is 1. The molecule has 0 aliphatic heterocycles. The molecule has 5 nitrogen and oxygen atoms in total. The van der Waals surface area contributed by atoms with Gasteiger partial charge in [0.1, 0.15) is 0 Å². The summed E-state index contributed by atoms with van der Waals surface area (Å²) in [7, 11) is 5.29. The predicted molar refractivity (Wildman–Crippen MR) is 84.1 cm³/mol. The lowest BCUT2D eigenvalue weighted by atomic mass is 10.1. The molecule has 0 aliphatic rings. The summed E-state index contributed by atoms with van der Waals surface area (Å²) in [5.41, 5.74) is 2.26. The van der Waals surface area contributed by atoms with Gasteiger partial charge in [0.2, 0.25) is 0 Å². The van der Waals surface area contributed by atoms with Crippen molar-refractivity contribution in [2.45, 2.75) is 13.0 Å². The second-order valence-corrected chi connectivity index (χ2v) is 5.47. The lowest BCUT2D eigenvalue weighted by Crippen LogP contribution is -2.22. The predicted octanol–water partition coefficient (Wildman–Crippen LogP) is 2.51. The van der Waals surface area contributed by atoms with E-state index in [0.717, 1.165) is 11.3 Å². The van der Waals surface area contributed by atoms with E-state index in [1.165, 1.54) is 4.90 Å². The van der Waals surface area contributed by atoms with E-state index in [1.807, 2.05) is 32.2 Å². The van der Waals surface area contributed by atoms with Crippen molar-refractivity contribution in [3.63, 3.8) is 0 Å². The van der Waals surface area contributed by atoms with Gasteiger partial charge in [0, 0.05) is 31.4 Å². The second kappa shape index (κ2) is 6.28. The van der Waals surface area contributed by atoms with Gasteiger partial charge in [-0.2, -0.15) is 5.10 Å². The van der Waals surface area contributed by atoms with Gasteiger partial charge in [-0.25, -0.2) is 4.68 Å². The quantitative estimate of drug-likeness (QED) is 0.944. The van der Waals surface area contributed by atoms with E-state index in [0.29, 0.717) is 10.7 Å². The van der Waals surface area contributed by atoms with Crippen LogP contribution in [0, 0.1) is 0 Å². The third-order valence-electron chi connectivity index (χ3n) is 3.36. The van der Waals surface area contributed by atoms with Crippen LogP contribution in [0.2, 0.25) is 5.02 Å². The highest BCUT2D eigenvalue weighted by atomic mass is 35.5. The van der Waals surface area contributed by atoms with Crippen LogP contribution in [0.1, 0.15) is 29.0 Å². The van der Waals surface area contributed by atoms with Gasteiger partial charge < -0.3 is 10.2 Å². The number of rotatable bonds is 4. The zero-order chi connectivity index (χ0) is 15.6. The molecule has 0 bridgehead atoms. The van der Waals surface area contributed by atoms with E-state index in [-0.39, 0.29) is 11.9 Å². The van der Waals surface area contributed by atoms with Crippen molar-refractivity contribution < 1.29 is 4.79 Å². The van der Waals surface area contributed by atoms with Crippen molar-refractivity contribution in [1.29, 1.82) is 0 Å². The fraction of sp³-hybridized carbons (Fsp3) is 0.333. The number of nitrogens with zero attached hydrogens (tertiary/aromatic N) is 3. The fourth-order valence-electron chi connectivity index (χ4n) is 1.98.